The molecule has 2 aromatic heterocycles. The predicted molar refractivity (Wildman–Crippen MR) is 115 cm³/mol. The Balaban J connectivity index is 1.43. The van der Waals surface area contributed by atoms with E-state index in [1.54, 1.807) is 12.1 Å². The molecule has 3 aromatic rings. The van der Waals surface area contributed by atoms with Gasteiger partial charge >= 0.3 is 0 Å². The lowest BCUT2D eigenvalue weighted by molar-refractivity contribution is -0.123. The highest BCUT2D eigenvalue weighted by Crippen LogP contribution is 2.68. The Morgan fingerprint density at radius 3 is 2.57 bits per heavy atom. The highest BCUT2D eigenvalue weighted by Gasteiger charge is 2.67. The van der Waals surface area contributed by atoms with Crippen LogP contribution in [-0.2, 0) is 23.7 Å². The van der Waals surface area contributed by atoms with Crippen molar-refractivity contribution in [3.8, 4) is 0 Å². The molecule has 5 rings (SSSR count). The third-order valence-corrected chi connectivity index (χ3v) is 6.95. The highest BCUT2D eigenvalue weighted by molar-refractivity contribution is 9.10. The second-order valence-electron chi connectivity index (χ2n) is 8.65. The summed E-state index contributed by atoms with van der Waals surface area (Å²) in [5.41, 5.74) is -0.987. The first kappa shape index (κ1) is 23.8. The SMILES string of the molecule is O=C(Cn1nc(C(F)F)c2c1C(F)(F)C1CC21)N[C@@H](Cc1cc(F)cc(F)c1)c1ncccc1Br. The number of alkyl halides is 4. The number of pyridine rings is 1. The summed E-state index contributed by atoms with van der Waals surface area (Å²) in [5, 5.41) is 6.27. The summed E-state index contributed by atoms with van der Waals surface area (Å²) < 4.78 is 85.1. The zero-order valence-corrected chi connectivity index (χ0v) is 19.4. The number of carbonyl (C=O) groups is 1. The molecule has 1 aromatic carbocycles. The average Bonchev–Trinajstić information content (AvgIpc) is 3.42. The van der Waals surface area contributed by atoms with Crippen molar-refractivity contribution in [2.45, 2.75) is 43.7 Å². The van der Waals surface area contributed by atoms with Gasteiger partial charge in [-0.05, 0) is 64.5 Å². The lowest BCUT2D eigenvalue weighted by atomic mass is 10.0. The molecule has 184 valence electrons. The summed E-state index contributed by atoms with van der Waals surface area (Å²) in [6, 6.07) is 5.27. The van der Waals surface area contributed by atoms with Crippen LogP contribution in [0.3, 0.4) is 0 Å². The topological polar surface area (TPSA) is 59.8 Å². The van der Waals surface area contributed by atoms with E-state index < -0.39 is 65.7 Å². The Bertz CT molecular complexity index is 1290. The van der Waals surface area contributed by atoms with Gasteiger partial charge in [-0.25, -0.2) is 17.6 Å². The van der Waals surface area contributed by atoms with E-state index >= 15 is 0 Å². The maximum Gasteiger partial charge on any atom is 0.293 e. The van der Waals surface area contributed by atoms with Crippen LogP contribution >= 0.6 is 15.9 Å². The van der Waals surface area contributed by atoms with Crippen LogP contribution in [0.5, 0.6) is 0 Å². The lowest BCUT2D eigenvalue weighted by Crippen LogP contribution is -2.35. The van der Waals surface area contributed by atoms with Crippen LogP contribution in [0.4, 0.5) is 26.3 Å². The number of hydrogen-bond donors (Lipinski definition) is 1. The molecule has 0 spiro atoms. The first-order valence-corrected chi connectivity index (χ1v) is 11.5. The zero-order valence-electron chi connectivity index (χ0n) is 17.8. The summed E-state index contributed by atoms with van der Waals surface area (Å²) in [6.07, 6.45) is -1.57. The minimum atomic E-state index is -3.36. The van der Waals surface area contributed by atoms with Crippen molar-refractivity contribution in [2.24, 2.45) is 5.92 Å². The van der Waals surface area contributed by atoms with E-state index in [-0.39, 0.29) is 24.0 Å². The molecule has 2 aliphatic rings. The second kappa shape index (κ2) is 8.65. The normalized spacial score (nSPS) is 20.5. The van der Waals surface area contributed by atoms with Crippen LogP contribution in [-0.4, -0.2) is 20.7 Å². The summed E-state index contributed by atoms with van der Waals surface area (Å²) in [6.45, 7) is -0.734. The average molecular weight is 559 g/mol. The maximum atomic E-state index is 14.8. The molecule has 1 fully saturated rings. The van der Waals surface area contributed by atoms with E-state index in [1.807, 2.05) is 0 Å². The molecule has 0 radical (unpaired) electrons. The fourth-order valence-corrected chi connectivity index (χ4v) is 5.32. The van der Waals surface area contributed by atoms with Gasteiger partial charge in [-0.15, -0.1) is 0 Å². The Labute approximate surface area is 203 Å². The quantitative estimate of drug-likeness (QED) is 0.386. The molecular weight excluding hydrogens is 542 g/mol. The number of amides is 1. The van der Waals surface area contributed by atoms with E-state index in [1.165, 1.54) is 6.20 Å². The number of fused-ring (bicyclic) bond motifs is 3. The fraction of sp³-hybridized carbons (Fsp3) is 0.348. The van der Waals surface area contributed by atoms with Crippen molar-refractivity contribution in [1.82, 2.24) is 20.1 Å². The molecule has 1 amide bonds. The van der Waals surface area contributed by atoms with Crippen LogP contribution in [0.15, 0.2) is 41.0 Å². The smallest absolute Gasteiger partial charge is 0.293 e. The van der Waals surface area contributed by atoms with Gasteiger partial charge in [0.2, 0.25) is 5.91 Å². The predicted octanol–water partition coefficient (Wildman–Crippen LogP) is 5.57. The fourth-order valence-electron chi connectivity index (χ4n) is 4.79. The van der Waals surface area contributed by atoms with E-state index in [4.69, 9.17) is 0 Å². The van der Waals surface area contributed by atoms with Crippen molar-refractivity contribution in [1.29, 1.82) is 0 Å². The lowest BCUT2D eigenvalue weighted by Gasteiger charge is -2.21. The highest BCUT2D eigenvalue weighted by atomic mass is 79.9. The van der Waals surface area contributed by atoms with Gasteiger partial charge in [-0.3, -0.25) is 14.5 Å². The molecule has 2 aliphatic carbocycles. The minimum absolute atomic E-state index is 0.0736. The van der Waals surface area contributed by atoms with Crippen molar-refractivity contribution in [3.63, 3.8) is 0 Å². The molecule has 5 nitrogen and oxygen atoms in total. The molecule has 3 atom stereocenters. The first-order valence-electron chi connectivity index (χ1n) is 10.7. The number of rotatable bonds is 7. The second-order valence-corrected chi connectivity index (χ2v) is 9.50. The summed E-state index contributed by atoms with van der Waals surface area (Å²) in [7, 11) is 0. The van der Waals surface area contributed by atoms with Crippen LogP contribution < -0.4 is 5.32 Å². The Hall–Kier alpha value is -2.89. The van der Waals surface area contributed by atoms with Crippen molar-refractivity contribution >= 4 is 21.8 Å². The molecule has 0 aliphatic heterocycles. The van der Waals surface area contributed by atoms with Crippen LogP contribution in [0.25, 0.3) is 0 Å². The van der Waals surface area contributed by atoms with Gasteiger partial charge in [0, 0.05) is 28.2 Å². The molecule has 12 heteroatoms. The summed E-state index contributed by atoms with van der Waals surface area (Å²) >= 11 is 3.32. The van der Waals surface area contributed by atoms with E-state index in [0.717, 1.165) is 12.1 Å². The number of aromatic nitrogens is 3. The van der Waals surface area contributed by atoms with Gasteiger partial charge in [-0.1, -0.05) is 0 Å². The largest absolute Gasteiger partial charge is 0.346 e. The molecule has 0 saturated heterocycles. The molecule has 35 heavy (non-hydrogen) atoms. The Morgan fingerprint density at radius 1 is 1.20 bits per heavy atom. The van der Waals surface area contributed by atoms with E-state index in [2.05, 4.69) is 31.3 Å². The van der Waals surface area contributed by atoms with Crippen molar-refractivity contribution in [3.05, 3.63) is 80.8 Å². The number of halogens is 7. The maximum absolute atomic E-state index is 14.8. The molecule has 2 unspecified atom stereocenters. The third-order valence-electron chi connectivity index (χ3n) is 6.27. The zero-order chi connectivity index (χ0) is 25.1. The molecule has 1 saturated carbocycles. The summed E-state index contributed by atoms with van der Waals surface area (Å²) in [5.74, 6) is -7.51. The van der Waals surface area contributed by atoms with Crippen LogP contribution in [0.1, 0.15) is 53.0 Å². The molecule has 0 bridgehead atoms. The summed E-state index contributed by atoms with van der Waals surface area (Å²) in [4.78, 5) is 17.1. The van der Waals surface area contributed by atoms with Crippen molar-refractivity contribution < 1.29 is 31.1 Å². The standard InChI is InChI=1S/C23H17BrF6N4O/c24-15-2-1-3-31-19(15)16(6-10-4-11(25)7-12(26)5-10)32-17(35)9-34-21-18(20(33-34)22(27)28)13-8-14(13)23(21,29)30/h1-5,7,13-14,16,22H,6,8-9H2,(H,32,35)/t13?,14?,16-/m0/s1. The Morgan fingerprint density at radius 2 is 1.91 bits per heavy atom. The van der Waals surface area contributed by atoms with E-state index in [9.17, 15) is 31.1 Å². The van der Waals surface area contributed by atoms with E-state index in [0.29, 0.717) is 20.9 Å². The number of carbonyl (C=O) groups excluding carboxylic acids is 1. The van der Waals surface area contributed by atoms with Crippen LogP contribution in [0, 0.1) is 17.6 Å². The van der Waals surface area contributed by atoms with Gasteiger partial charge in [0.05, 0.1) is 11.7 Å². The van der Waals surface area contributed by atoms with Gasteiger partial charge in [0.25, 0.3) is 12.3 Å². The van der Waals surface area contributed by atoms with Gasteiger partial charge in [0.15, 0.2) is 0 Å². The number of nitrogens with zero attached hydrogens (tertiary/aromatic N) is 3. The first-order chi connectivity index (χ1) is 16.6. The van der Waals surface area contributed by atoms with Crippen LogP contribution in [0.2, 0.25) is 0 Å². The minimum Gasteiger partial charge on any atom is -0.346 e. The molecular formula is C23H17BrF6N4O. The molecule has 1 N–H and O–H groups in total. The number of nitrogens with one attached hydrogen (secondary N) is 1. The van der Waals surface area contributed by atoms with Gasteiger partial charge in [-0.2, -0.15) is 13.9 Å². The molecule has 2 heterocycles. The Kier molecular flexibility index (Phi) is 5.89. The third kappa shape index (κ3) is 4.32. The van der Waals surface area contributed by atoms with Crippen molar-refractivity contribution in [2.75, 3.05) is 0 Å². The number of hydrogen-bond acceptors (Lipinski definition) is 3. The monoisotopic (exact) mass is 558 g/mol. The number of benzene rings is 1. The van der Waals surface area contributed by atoms with Gasteiger partial charge in [0.1, 0.15) is 29.6 Å². The van der Waals surface area contributed by atoms with Gasteiger partial charge < -0.3 is 5.32 Å².